The van der Waals surface area contributed by atoms with Crippen molar-refractivity contribution >= 4 is 39.6 Å². The van der Waals surface area contributed by atoms with E-state index < -0.39 is 11.8 Å². The van der Waals surface area contributed by atoms with Gasteiger partial charge in [0, 0.05) is 5.69 Å². The van der Waals surface area contributed by atoms with Crippen molar-refractivity contribution in [3.63, 3.8) is 0 Å². The molecule has 0 heterocycles. The Balaban J connectivity index is 1.91. The highest BCUT2D eigenvalue weighted by molar-refractivity contribution is 9.10. The van der Waals surface area contributed by atoms with Gasteiger partial charge in [-0.15, -0.1) is 0 Å². The topological polar surface area (TPSA) is 89.0 Å². The fourth-order valence-electron chi connectivity index (χ4n) is 2.66. The van der Waals surface area contributed by atoms with E-state index in [1.165, 1.54) is 6.21 Å². The van der Waals surface area contributed by atoms with Gasteiger partial charge in [-0.25, -0.2) is 5.43 Å². The summed E-state index contributed by atoms with van der Waals surface area (Å²) in [4.78, 5) is 24.1. The molecule has 0 radical (unpaired) electrons. The van der Waals surface area contributed by atoms with Crippen LogP contribution in [-0.4, -0.2) is 31.7 Å². The van der Waals surface area contributed by atoms with Crippen LogP contribution in [0.1, 0.15) is 42.9 Å². The number of hydrazone groups is 1. The second-order valence-corrected chi connectivity index (χ2v) is 7.91. The van der Waals surface area contributed by atoms with E-state index in [-0.39, 0.29) is 6.42 Å². The fraction of sp³-hybridized carbons (Fsp3) is 0.348. The molecule has 0 saturated heterocycles. The molecule has 2 N–H and O–H groups in total. The standard InChI is InChI=1S/C23H28BrN3O4/c1-5-6-9-31-23-19(24)11-17(12-20(23)30-4)14-25-27-22(29)13-21(28)26-18-8-7-15(2)16(3)10-18/h7-8,10-12,14H,5-6,9,13H2,1-4H3,(H,26,28)(H,27,29). The fourth-order valence-corrected chi connectivity index (χ4v) is 3.24. The van der Waals surface area contributed by atoms with E-state index in [2.05, 4.69) is 38.7 Å². The van der Waals surface area contributed by atoms with Gasteiger partial charge in [0.1, 0.15) is 6.42 Å². The zero-order valence-electron chi connectivity index (χ0n) is 18.3. The highest BCUT2D eigenvalue weighted by Gasteiger charge is 2.12. The van der Waals surface area contributed by atoms with Crippen molar-refractivity contribution in [3.05, 3.63) is 51.5 Å². The average molecular weight is 490 g/mol. The summed E-state index contributed by atoms with van der Waals surface area (Å²) in [5.41, 5.74) is 5.92. The van der Waals surface area contributed by atoms with Gasteiger partial charge in [-0.05, 0) is 77.2 Å². The Kier molecular flexibility index (Phi) is 9.52. The monoisotopic (exact) mass is 489 g/mol. The van der Waals surface area contributed by atoms with Crippen molar-refractivity contribution in [1.82, 2.24) is 5.43 Å². The molecule has 0 bridgehead atoms. The highest BCUT2D eigenvalue weighted by Crippen LogP contribution is 2.36. The smallest absolute Gasteiger partial charge is 0.249 e. The number of rotatable bonds is 10. The number of halogens is 1. The van der Waals surface area contributed by atoms with Crippen molar-refractivity contribution in [2.24, 2.45) is 5.10 Å². The average Bonchev–Trinajstić information content (AvgIpc) is 2.72. The third-order valence-electron chi connectivity index (χ3n) is 4.51. The summed E-state index contributed by atoms with van der Waals surface area (Å²) in [5.74, 6) is 0.267. The predicted octanol–water partition coefficient (Wildman–Crippen LogP) is 4.73. The number of ether oxygens (including phenoxy) is 2. The minimum absolute atomic E-state index is 0.332. The molecule has 2 rings (SSSR count). The van der Waals surface area contributed by atoms with E-state index in [0.29, 0.717) is 29.4 Å². The lowest BCUT2D eigenvalue weighted by molar-refractivity contribution is -0.126. The molecule has 0 unspecified atom stereocenters. The zero-order valence-corrected chi connectivity index (χ0v) is 19.8. The Morgan fingerprint density at radius 1 is 1.13 bits per heavy atom. The van der Waals surface area contributed by atoms with E-state index >= 15 is 0 Å². The number of hydrogen-bond acceptors (Lipinski definition) is 5. The molecule has 2 aromatic carbocycles. The number of aryl methyl sites for hydroxylation is 2. The van der Waals surface area contributed by atoms with Crippen molar-refractivity contribution in [2.45, 2.75) is 40.0 Å². The Labute approximate surface area is 191 Å². The summed E-state index contributed by atoms with van der Waals surface area (Å²) in [5, 5.41) is 6.64. The third kappa shape index (κ3) is 7.71. The maximum atomic E-state index is 12.1. The molecule has 0 aromatic heterocycles. The number of amides is 2. The summed E-state index contributed by atoms with van der Waals surface area (Å²) in [6, 6.07) is 9.16. The van der Waals surface area contributed by atoms with Crippen LogP contribution in [0.25, 0.3) is 0 Å². The Hall–Kier alpha value is -2.87. The van der Waals surface area contributed by atoms with Crippen LogP contribution in [0.2, 0.25) is 0 Å². The molecule has 0 aliphatic heterocycles. The second-order valence-electron chi connectivity index (χ2n) is 7.05. The first-order valence-electron chi connectivity index (χ1n) is 10.0. The summed E-state index contributed by atoms with van der Waals surface area (Å²) < 4.78 is 11.9. The number of benzene rings is 2. The van der Waals surface area contributed by atoms with Gasteiger partial charge in [-0.1, -0.05) is 19.4 Å². The predicted molar refractivity (Wildman–Crippen MR) is 126 cm³/mol. The molecule has 0 aliphatic rings. The Morgan fingerprint density at radius 3 is 2.58 bits per heavy atom. The SMILES string of the molecule is CCCCOc1c(Br)cc(C=NNC(=O)CC(=O)Nc2ccc(C)c(C)c2)cc1OC. The second kappa shape index (κ2) is 12.1. The van der Waals surface area contributed by atoms with Gasteiger partial charge in [0.2, 0.25) is 11.8 Å². The first-order chi connectivity index (χ1) is 14.8. The molecule has 0 atom stereocenters. The summed E-state index contributed by atoms with van der Waals surface area (Å²) >= 11 is 3.48. The lowest BCUT2D eigenvalue weighted by atomic mass is 10.1. The molecule has 0 aliphatic carbocycles. The van der Waals surface area contributed by atoms with Crippen molar-refractivity contribution < 1.29 is 19.1 Å². The number of nitrogens with zero attached hydrogens (tertiary/aromatic N) is 1. The van der Waals surface area contributed by atoms with E-state index in [1.54, 1.807) is 19.2 Å². The number of unbranched alkanes of at least 4 members (excludes halogenated alkanes) is 1. The summed E-state index contributed by atoms with van der Waals surface area (Å²) in [7, 11) is 1.56. The van der Waals surface area contributed by atoms with Crippen LogP contribution in [0, 0.1) is 13.8 Å². The number of hydrogen-bond donors (Lipinski definition) is 2. The lowest BCUT2D eigenvalue weighted by Gasteiger charge is -2.13. The highest BCUT2D eigenvalue weighted by atomic mass is 79.9. The molecule has 8 heteroatoms. The van der Waals surface area contributed by atoms with Crippen molar-refractivity contribution in [2.75, 3.05) is 19.0 Å². The van der Waals surface area contributed by atoms with Gasteiger partial charge >= 0.3 is 0 Å². The third-order valence-corrected chi connectivity index (χ3v) is 5.10. The molecule has 166 valence electrons. The van der Waals surface area contributed by atoms with E-state index in [9.17, 15) is 9.59 Å². The maximum absolute atomic E-state index is 12.1. The van der Waals surface area contributed by atoms with Crippen LogP contribution in [0.15, 0.2) is 39.9 Å². The molecule has 31 heavy (non-hydrogen) atoms. The van der Waals surface area contributed by atoms with Crippen LogP contribution >= 0.6 is 15.9 Å². The Morgan fingerprint density at radius 2 is 1.90 bits per heavy atom. The van der Waals surface area contributed by atoms with Crippen molar-refractivity contribution in [1.29, 1.82) is 0 Å². The van der Waals surface area contributed by atoms with Gasteiger partial charge in [-0.3, -0.25) is 9.59 Å². The van der Waals surface area contributed by atoms with Gasteiger partial charge in [-0.2, -0.15) is 5.10 Å². The lowest BCUT2D eigenvalue weighted by Crippen LogP contribution is -2.24. The first kappa shape index (κ1) is 24.4. The maximum Gasteiger partial charge on any atom is 0.249 e. The summed E-state index contributed by atoms with van der Waals surface area (Å²) in [6.45, 7) is 6.65. The van der Waals surface area contributed by atoms with E-state index in [4.69, 9.17) is 9.47 Å². The van der Waals surface area contributed by atoms with Gasteiger partial charge in [0.05, 0.1) is 24.4 Å². The number of carbonyl (C=O) groups is 2. The van der Waals surface area contributed by atoms with Gasteiger partial charge < -0.3 is 14.8 Å². The van der Waals surface area contributed by atoms with Crippen LogP contribution in [-0.2, 0) is 9.59 Å². The quantitative estimate of drug-likeness (QED) is 0.218. The Bertz CT molecular complexity index is 960. The van der Waals surface area contributed by atoms with E-state index in [0.717, 1.165) is 28.4 Å². The molecule has 0 fully saturated rings. The molecule has 2 amide bonds. The molecule has 2 aromatic rings. The normalized spacial score (nSPS) is 10.7. The van der Waals surface area contributed by atoms with Crippen LogP contribution in [0.5, 0.6) is 11.5 Å². The van der Waals surface area contributed by atoms with Gasteiger partial charge in [0.15, 0.2) is 11.5 Å². The number of nitrogens with one attached hydrogen (secondary N) is 2. The first-order valence-corrected chi connectivity index (χ1v) is 10.8. The molecule has 7 nitrogen and oxygen atoms in total. The van der Waals surface area contributed by atoms with E-state index in [1.807, 2.05) is 32.0 Å². The van der Waals surface area contributed by atoms with Crippen LogP contribution < -0.4 is 20.2 Å². The molecule has 0 saturated carbocycles. The van der Waals surface area contributed by atoms with Gasteiger partial charge in [0.25, 0.3) is 0 Å². The van der Waals surface area contributed by atoms with Crippen LogP contribution in [0.3, 0.4) is 0 Å². The largest absolute Gasteiger partial charge is 0.493 e. The summed E-state index contributed by atoms with van der Waals surface area (Å²) in [6.07, 6.45) is 3.12. The zero-order chi connectivity index (χ0) is 22.8. The minimum atomic E-state index is -0.511. The molecular weight excluding hydrogens is 462 g/mol. The number of methoxy groups -OCH3 is 1. The van der Waals surface area contributed by atoms with Crippen molar-refractivity contribution in [3.8, 4) is 11.5 Å². The molecular formula is C23H28BrN3O4. The van der Waals surface area contributed by atoms with Crippen LogP contribution in [0.4, 0.5) is 5.69 Å². The number of carbonyl (C=O) groups excluding carboxylic acids is 2. The number of anilines is 1. The minimum Gasteiger partial charge on any atom is -0.493 e. The molecule has 0 spiro atoms.